The zero-order valence-corrected chi connectivity index (χ0v) is 16.1. The number of hydrogen-bond acceptors (Lipinski definition) is 4. The molecule has 3 aromatic rings. The maximum absolute atomic E-state index is 14.0. The molecule has 5 nitrogen and oxygen atoms in total. The summed E-state index contributed by atoms with van der Waals surface area (Å²) in [4.78, 5) is 18.0. The molecule has 0 saturated heterocycles. The van der Waals surface area contributed by atoms with Gasteiger partial charge in [0.05, 0.1) is 6.54 Å². The fraction of sp³-hybridized carbons (Fsp3) is 0.182. The highest BCUT2D eigenvalue weighted by atomic mass is 19.1. The lowest BCUT2D eigenvalue weighted by molar-refractivity contribution is -0.116. The summed E-state index contributed by atoms with van der Waals surface area (Å²) in [5, 5.41) is 0. The lowest BCUT2D eigenvalue weighted by atomic mass is 10.1. The van der Waals surface area contributed by atoms with Crippen molar-refractivity contribution >= 4 is 11.6 Å². The van der Waals surface area contributed by atoms with Gasteiger partial charge in [-0.15, -0.1) is 0 Å². The van der Waals surface area contributed by atoms with Gasteiger partial charge in [-0.25, -0.2) is 13.8 Å². The second kappa shape index (κ2) is 9.14. The molecule has 0 fully saturated rings. The lowest BCUT2D eigenvalue weighted by Crippen LogP contribution is -2.28. The van der Waals surface area contributed by atoms with Crippen molar-refractivity contribution in [3.8, 4) is 17.4 Å². The number of carbonyl (C=O) groups is 1. The molecule has 0 unspecified atom stereocenters. The first-order valence-corrected chi connectivity index (χ1v) is 8.93. The Morgan fingerprint density at radius 2 is 1.90 bits per heavy atom. The molecule has 0 aliphatic rings. The molecule has 1 heterocycles. The van der Waals surface area contributed by atoms with Gasteiger partial charge in [0.2, 0.25) is 18.6 Å². The number of para-hydroxylation sites is 1. The summed E-state index contributed by atoms with van der Waals surface area (Å²) in [6.45, 7) is 2.40. The van der Waals surface area contributed by atoms with Gasteiger partial charge in [-0.1, -0.05) is 29.8 Å². The fourth-order valence-corrected chi connectivity index (χ4v) is 2.87. The van der Waals surface area contributed by atoms with E-state index < -0.39 is 12.7 Å². The van der Waals surface area contributed by atoms with Crippen LogP contribution in [-0.2, 0) is 11.3 Å². The predicted octanol–water partition coefficient (Wildman–Crippen LogP) is 5.18. The maximum Gasteiger partial charge on any atom is 0.243 e. The van der Waals surface area contributed by atoms with Gasteiger partial charge < -0.3 is 14.4 Å². The number of ether oxygens (including phenoxy) is 2. The monoisotopic (exact) mass is 398 g/mol. The highest BCUT2D eigenvalue weighted by Crippen LogP contribution is 2.33. The standard InChI is InChI=1S/C22H20F2N2O3/c1-15-9-10-20(28-14-23)17(12-15)13-26(16(2)27)19-7-5-11-25-22(19)29-21-8-4-3-6-18(21)24/h3-12H,13-14H2,1-2H3. The molecule has 3 rings (SSSR count). The predicted molar refractivity (Wildman–Crippen MR) is 105 cm³/mol. The Balaban J connectivity index is 1.98. The number of amides is 1. The van der Waals surface area contributed by atoms with Crippen LogP contribution in [0.1, 0.15) is 18.1 Å². The third-order valence-electron chi connectivity index (χ3n) is 4.22. The van der Waals surface area contributed by atoms with Crippen LogP contribution in [0.15, 0.2) is 60.8 Å². The molecule has 29 heavy (non-hydrogen) atoms. The van der Waals surface area contributed by atoms with Crippen LogP contribution in [0.5, 0.6) is 17.4 Å². The van der Waals surface area contributed by atoms with Crippen LogP contribution in [0.2, 0.25) is 0 Å². The average molecular weight is 398 g/mol. The molecule has 2 aromatic carbocycles. The Labute approximate surface area is 167 Å². The molecule has 150 valence electrons. The summed E-state index contributed by atoms with van der Waals surface area (Å²) in [7, 11) is 0. The molecule has 0 aliphatic heterocycles. The minimum atomic E-state index is -0.981. The molecular weight excluding hydrogens is 378 g/mol. The summed E-state index contributed by atoms with van der Waals surface area (Å²) in [6, 6.07) is 14.5. The Morgan fingerprint density at radius 3 is 2.62 bits per heavy atom. The molecule has 0 radical (unpaired) electrons. The lowest BCUT2D eigenvalue weighted by Gasteiger charge is -2.24. The van der Waals surface area contributed by atoms with E-state index in [0.29, 0.717) is 17.0 Å². The van der Waals surface area contributed by atoms with E-state index in [2.05, 4.69) is 4.98 Å². The molecular formula is C22H20F2N2O3. The van der Waals surface area contributed by atoms with Gasteiger partial charge in [0.1, 0.15) is 11.4 Å². The van der Waals surface area contributed by atoms with Gasteiger partial charge in [-0.3, -0.25) is 4.79 Å². The van der Waals surface area contributed by atoms with Crippen molar-refractivity contribution in [1.29, 1.82) is 0 Å². The molecule has 0 saturated carbocycles. The molecule has 0 bridgehead atoms. The summed E-state index contributed by atoms with van der Waals surface area (Å²) >= 11 is 0. The Morgan fingerprint density at radius 1 is 1.10 bits per heavy atom. The summed E-state index contributed by atoms with van der Waals surface area (Å²) < 4.78 is 37.5. The van der Waals surface area contributed by atoms with Crippen molar-refractivity contribution in [3.63, 3.8) is 0 Å². The van der Waals surface area contributed by atoms with E-state index in [0.717, 1.165) is 5.56 Å². The molecule has 0 atom stereocenters. The van der Waals surface area contributed by atoms with Crippen LogP contribution in [0.4, 0.5) is 14.5 Å². The zero-order chi connectivity index (χ0) is 20.8. The van der Waals surface area contributed by atoms with E-state index in [1.165, 1.54) is 30.2 Å². The number of alkyl halides is 1. The first kappa shape index (κ1) is 20.3. The second-order valence-corrected chi connectivity index (χ2v) is 6.33. The molecule has 1 amide bonds. The van der Waals surface area contributed by atoms with Gasteiger partial charge >= 0.3 is 0 Å². The average Bonchev–Trinajstić information content (AvgIpc) is 2.70. The fourth-order valence-electron chi connectivity index (χ4n) is 2.87. The third kappa shape index (κ3) is 4.87. The number of rotatable bonds is 7. The van der Waals surface area contributed by atoms with Crippen LogP contribution in [0.3, 0.4) is 0 Å². The Kier molecular flexibility index (Phi) is 6.39. The molecule has 7 heteroatoms. The minimum absolute atomic E-state index is 0.00652. The highest BCUT2D eigenvalue weighted by molar-refractivity contribution is 5.92. The van der Waals surface area contributed by atoms with Crippen molar-refractivity contribution in [2.45, 2.75) is 20.4 Å². The minimum Gasteiger partial charge on any atom is -0.463 e. The van der Waals surface area contributed by atoms with Crippen LogP contribution < -0.4 is 14.4 Å². The smallest absolute Gasteiger partial charge is 0.243 e. The van der Waals surface area contributed by atoms with Crippen LogP contribution in [0, 0.1) is 12.7 Å². The van der Waals surface area contributed by atoms with E-state index in [1.54, 1.807) is 36.4 Å². The molecule has 0 N–H and O–H groups in total. The van der Waals surface area contributed by atoms with Gasteiger partial charge in [-0.2, -0.15) is 0 Å². The molecule has 0 spiro atoms. The van der Waals surface area contributed by atoms with E-state index >= 15 is 0 Å². The molecule has 1 aromatic heterocycles. The number of carbonyl (C=O) groups excluding carboxylic acids is 1. The van der Waals surface area contributed by atoms with Gasteiger partial charge in [0.15, 0.2) is 11.6 Å². The number of aromatic nitrogens is 1. The van der Waals surface area contributed by atoms with Gasteiger partial charge in [0, 0.05) is 18.7 Å². The second-order valence-electron chi connectivity index (χ2n) is 6.33. The molecule has 0 aliphatic carbocycles. The van der Waals surface area contributed by atoms with Gasteiger partial charge in [-0.05, 0) is 37.3 Å². The van der Waals surface area contributed by atoms with Crippen molar-refractivity contribution < 1.29 is 23.0 Å². The summed E-state index contributed by atoms with van der Waals surface area (Å²) in [5.74, 6) is -0.425. The largest absolute Gasteiger partial charge is 0.463 e. The Hall–Kier alpha value is -3.48. The topological polar surface area (TPSA) is 51.7 Å². The maximum atomic E-state index is 14.0. The number of anilines is 1. The normalized spacial score (nSPS) is 10.5. The number of aryl methyl sites for hydroxylation is 1. The number of halogens is 2. The van der Waals surface area contributed by atoms with Crippen molar-refractivity contribution in [3.05, 3.63) is 77.7 Å². The first-order valence-electron chi connectivity index (χ1n) is 8.93. The zero-order valence-electron chi connectivity index (χ0n) is 16.1. The van der Waals surface area contributed by atoms with E-state index in [4.69, 9.17) is 9.47 Å². The van der Waals surface area contributed by atoms with E-state index in [-0.39, 0.29) is 24.1 Å². The Bertz CT molecular complexity index is 1010. The summed E-state index contributed by atoms with van der Waals surface area (Å²) in [6.07, 6.45) is 1.49. The third-order valence-corrected chi connectivity index (χ3v) is 4.22. The SMILES string of the molecule is CC(=O)N(Cc1cc(C)ccc1OCF)c1cccnc1Oc1ccccc1F. The quantitative estimate of drug-likeness (QED) is 0.550. The van der Waals surface area contributed by atoms with E-state index in [1.807, 2.05) is 13.0 Å². The van der Waals surface area contributed by atoms with Crippen LogP contribution in [-0.4, -0.2) is 17.8 Å². The number of nitrogens with zero attached hydrogens (tertiary/aromatic N) is 2. The number of benzene rings is 2. The van der Waals surface area contributed by atoms with E-state index in [9.17, 15) is 13.6 Å². The van der Waals surface area contributed by atoms with Crippen molar-refractivity contribution in [2.75, 3.05) is 11.8 Å². The summed E-state index contributed by atoms with van der Waals surface area (Å²) in [5.41, 5.74) is 1.92. The highest BCUT2D eigenvalue weighted by Gasteiger charge is 2.21. The van der Waals surface area contributed by atoms with Crippen LogP contribution >= 0.6 is 0 Å². The van der Waals surface area contributed by atoms with Crippen molar-refractivity contribution in [2.24, 2.45) is 0 Å². The van der Waals surface area contributed by atoms with Gasteiger partial charge in [0.25, 0.3) is 0 Å². The van der Waals surface area contributed by atoms with Crippen LogP contribution in [0.25, 0.3) is 0 Å². The van der Waals surface area contributed by atoms with Crippen molar-refractivity contribution in [1.82, 2.24) is 4.98 Å². The first-order chi connectivity index (χ1) is 14.0. The number of hydrogen-bond donors (Lipinski definition) is 0. The number of pyridine rings is 1.